The lowest BCUT2D eigenvalue weighted by Crippen LogP contribution is -2.18. The first kappa shape index (κ1) is 11.0. The van der Waals surface area contributed by atoms with Crippen LogP contribution >= 0.6 is 0 Å². The molecule has 4 heteroatoms. The fourth-order valence-corrected chi connectivity index (χ4v) is 1.78. The molecule has 4 nitrogen and oxygen atoms in total. The third-order valence-electron chi connectivity index (χ3n) is 2.43. The van der Waals surface area contributed by atoms with E-state index < -0.39 is 0 Å². The van der Waals surface area contributed by atoms with Gasteiger partial charge in [0.05, 0.1) is 11.9 Å². The lowest BCUT2D eigenvalue weighted by molar-refractivity contribution is 0.585. The molecule has 0 aliphatic heterocycles. The maximum atomic E-state index is 5.64. The van der Waals surface area contributed by atoms with Crippen molar-refractivity contribution in [2.45, 2.75) is 51.5 Å². The van der Waals surface area contributed by atoms with Crippen molar-refractivity contribution < 1.29 is 0 Å². The smallest absolute Gasteiger partial charge is 0.217 e. The Morgan fingerprint density at radius 1 is 1.07 bits per heavy atom. The fourth-order valence-electron chi connectivity index (χ4n) is 1.78. The molecule has 4 N–H and O–H groups in total. The first-order valence-electron chi connectivity index (χ1n) is 5.32. The summed E-state index contributed by atoms with van der Waals surface area (Å²) in [6, 6.07) is 0.362. The third-order valence-corrected chi connectivity index (χ3v) is 2.43. The number of amidine groups is 1. The van der Waals surface area contributed by atoms with Crippen LogP contribution in [0, 0.1) is 0 Å². The van der Waals surface area contributed by atoms with E-state index in [2.05, 4.69) is 9.98 Å². The molecule has 0 aromatic carbocycles. The molecule has 1 saturated carbocycles. The van der Waals surface area contributed by atoms with E-state index in [-0.39, 0.29) is 0 Å². The molecular formula is C10H20N4. The molecule has 1 aliphatic carbocycles. The monoisotopic (exact) mass is 196 g/mol. The van der Waals surface area contributed by atoms with E-state index >= 15 is 0 Å². The zero-order chi connectivity index (χ0) is 10.4. The fraction of sp³-hybridized carbons (Fsp3) is 0.800. The number of hydrogen-bond acceptors (Lipinski definition) is 1. The number of nitrogens with zero attached hydrogens (tertiary/aromatic N) is 2. The Hall–Kier alpha value is -1.06. The Morgan fingerprint density at radius 3 is 2.14 bits per heavy atom. The van der Waals surface area contributed by atoms with Crippen LogP contribution in [-0.2, 0) is 0 Å². The molecule has 1 fully saturated rings. The van der Waals surface area contributed by atoms with Gasteiger partial charge in [-0.3, -0.25) is 0 Å². The van der Waals surface area contributed by atoms with Gasteiger partial charge in [0, 0.05) is 0 Å². The Balaban J connectivity index is 2.51. The van der Waals surface area contributed by atoms with Crippen molar-refractivity contribution in [3.63, 3.8) is 0 Å². The Labute approximate surface area is 85.5 Å². The van der Waals surface area contributed by atoms with Crippen LogP contribution in [0.2, 0.25) is 0 Å². The first-order chi connectivity index (χ1) is 6.68. The summed E-state index contributed by atoms with van der Waals surface area (Å²) in [5.74, 6) is 0.803. The van der Waals surface area contributed by atoms with Gasteiger partial charge in [-0.1, -0.05) is 25.7 Å². The second-order valence-corrected chi connectivity index (χ2v) is 3.89. The molecule has 0 atom stereocenters. The highest BCUT2D eigenvalue weighted by atomic mass is 15.1. The van der Waals surface area contributed by atoms with E-state index in [1.165, 1.54) is 25.7 Å². The summed E-state index contributed by atoms with van der Waals surface area (Å²) in [5, 5.41) is 0. The molecule has 0 aromatic heterocycles. The average molecular weight is 196 g/mol. The van der Waals surface area contributed by atoms with E-state index in [0.29, 0.717) is 17.8 Å². The molecule has 0 heterocycles. The Morgan fingerprint density at radius 2 is 1.64 bits per heavy atom. The van der Waals surface area contributed by atoms with Crippen LogP contribution in [0.4, 0.5) is 0 Å². The van der Waals surface area contributed by atoms with Crippen LogP contribution in [0.5, 0.6) is 0 Å². The number of hydrogen-bond donors (Lipinski definition) is 2. The largest absolute Gasteiger partial charge is 0.387 e. The van der Waals surface area contributed by atoms with Crippen molar-refractivity contribution >= 4 is 11.8 Å². The van der Waals surface area contributed by atoms with Gasteiger partial charge in [0.15, 0.2) is 0 Å². The summed E-state index contributed by atoms with van der Waals surface area (Å²) in [4.78, 5) is 8.29. The van der Waals surface area contributed by atoms with Gasteiger partial charge in [0.1, 0.15) is 0 Å². The van der Waals surface area contributed by atoms with E-state index in [0.717, 1.165) is 12.8 Å². The average Bonchev–Trinajstić information content (AvgIpc) is 2.31. The van der Waals surface area contributed by atoms with Crippen molar-refractivity contribution in [2.75, 3.05) is 0 Å². The minimum atomic E-state index is 0.330. The highest BCUT2D eigenvalue weighted by Gasteiger charge is 2.10. The van der Waals surface area contributed by atoms with E-state index in [9.17, 15) is 0 Å². The quantitative estimate of drug-likeness (QED) is 0.378. The van der Waals surface area contributed by atoms with Crippen molar-refractivity contribution in [2.24, 2.45) is 21.5 Å². The highest BCUT2D eigenvalue weighted by Crippen LogP contribution is 2.19. The second kappa shape index (κ2) is 5.62. The molecular weight excluding hydrogens is 176 g/mol. The van der Waals surface area contributed by atoms with Gasteiger partial charge in [-0.2, -0.15) is 0 Å². The molecule has 1 aliphatic rings. The van der Waals surface area contributed by atoms with Crippen LogP contribution in [0.3, 0.4) is 0 Å². The van der Waals surface area contributed by atoms with Crippen molar-refractivity contribution in [1.29, 1.82) is 0 Å². The molecule has 0 bridgehead atoms. The van der Waals surface area contributed by atoms with Crippen LogP contribution < -0.4 is 11.5 Å². The third kappa shape index (κ3) is 4.25. The zero-order valence-electron chi connectivity index (χ0n) is 8.87. The van der Waals surface area contributed by atoms with E-state index in [4.69, 9.17) is 11.5 Å². The van der Waals surface area contributed by atoms with Crippen LogP contribution in [0.25, 0.3) is 0 Å². The van der Waals surface area contributed by atoms with Crippen LogP contribution in [0.15, 0.2) is 9.98 Å². The van der Waals surface area contributed by atoms with Crippen LogP contribution in [0.1, 0.15) is 45.4 Å². The van der Waals surface area contributed by atoms with Crippen molar-refractivity contribution in [3.8, 4) is 0 Å². The van der Waals surface area contributed by atoms with Gasteiger partial charge in [0.2, 0.25) is 5.96 Å². The lowest BCUT2D eigenvalue weighted by Gasteiger charge is -2.07. The normalized spacial score (nSPS) is 22.1. The first-order valence-corrected chi connectivity index (χ1v) is 5.32. The summed E-state index contributed by atoms with van der Waals surface area (Å²) in [6.45, 7) is 1.72. The maximum absolute atomic E-state index is 5.64. The van der Waals surface area contributed by atoms with Gasteiger partial charge in [0.25, 0.3) is 0 Å². The molecule has 0 saturated heterocycles. The number of rotatable bonds is 1. The van der Waals surface area contributed by atoms with Gasteiger partial charge >= 0.3 is 0 Å². The summed E-state index contributed by atoms with van der Waals surface area (Å²) in [6.07, 6.45) is 7.44. The molecule has 0 aromatic rings. The number of aliphatic imine (C=N–C) groups is 2. The maximum Gasteiger partial charge on any atom is 0.217 e. The molecule has 80 valence electrons. The standard InChI is InChI=1S/C10H20N4/c1-8(11)13-10(12)14-9-6-4-2-3-5-7-9/h9H,2-7H2,1H3,(H4,11,12,13,14). The van der Waals surface area contributed by atoms with Gasteiger partial charge in [-0.05, 0) is 19.8 Å². The minimum Gasteiger partial charge on any atom is -0.387 e. The molecule has 0 spiro atoms. The topological polar surface area (TPSA) is 76.8 Å². The lowest BCUT2D eigenvalue weighted by atomic mass is 10.1. The predicted octanol–water partition coefficient (Wildman–Crippen LogP) is 1.40. The van der Waals surface area contributed by atoms with Gasteiger partial charge < -0.3 is 11.5 Å². The van der Waals surface area contributed by atoms with Crippen molar-refractivity contribution in [1.82, 2.24) is 0 Å². The second-order valence-electron chi connectivity index (χ2n) is 3.89. The van der Waals surface area contributed by atoms with Gasteiger partial charge in [-0.15, -0.1) is 0 Å². The van der Waals surface area contributed by atoms with E-state index in [1.807, 2.05) is 0 Å². The molecule has 14 heavy (non-hydrogen) atoms. The van der Waals surface area contributed by atoms with Crippen molar-refractivity contribution in [3.05, 3.63) is 0 Å². The minimum absolute atomic E-state index is 0.330. The molecule has 0 amide bonds. The summed E-state index contributed by atoms with van der Waals surface area (Å²) < 4.78 is 0. The predicted molar refractivity (Wildman–Crippen MR) is 60.4 cm³/mol. The molecule has 0 radical (unpaired) electrons. The Kier molecular flexibility index (Phi) is 4.43. The van der Waals surface area contributed by atoms with E-state index in [1.54, 1.807) is 6.92 Å². The molecule has 0 unspecified atom stereocenters. The van der Waals surface area contributed by atoms with Crippen LogP contribution in [-0.4, -0.2) is 17.8 Å². The Bertz CT molecular complexity index is 220. The zero-order valence-corrected chi connectivity index (χ0v) is 8.87. The van der Waals surface area contributed by atoms with Gasteiger partial charge in [-0.25, -0.2) is 9.98 Å². The molecule has 1 rings (SSSR count). The SMILES string of the molecule is CC(N)=NC(N)=NC1CCCCCC1. The summed E-state index contributed by atoms with van der Waals surface area (Å²) in [5.41, 5.74) is 11.1. The number of nitrogens with two attached hydrogens (primary N) is 2. The highest BCUT2D eigenvalue weighted by molar-refractivity contribution is 5.93. The summed E-state index contributed by atoms with van der Waals surface area (Å²) in [7, 11) is 0. The summed E-state index contributed by atoms with van der Waals surface area (Å²) >= 11 is 0. The number of guanidine groups is 1.